The van der Waals surface area contributed by atoms with Gasteiger partial charge in [0.15, 0.2) is 0 Å². The summed E-state index contributed by atoms with van der Waals surface area (Å²) >= 11 is 0. The van der Waals surface area contributed by atoms with E-state index in [0.717, 1.165) is 13.0 Å². The quantitative estimate of drug-likeness (QED) is 0.208. The Morgan fingerprint density at radius 2 is 0.957 bits per heavy atom. The van der Waals surface area contributed by atoms with E-state index in [-0.39, 0.29) is 0 Å². The largest absolute Gasteiger partial charge is 0.330 e. The SMILES string of the molecule is CCCCCCCCCCC=CCC=CCCCCCCCN. The van der Waals surface area contributed by atoms with Crippen LogP contribution in [0.15, 0.2) is 24.3 Å². The fraction of sp³-hybridized carbons (Fsp3) is 0.818. The molecule has 0 aromatic rings. The highest BCUT2D eigenvalue weighted by Gasteiger charge is 1.90. The highest BCUT2D eigenvalue weighted by molar-refractivity contribution is 4.92. The Balaban J connectivity index is 3.14. The molecule has 0 rings (SSSR count). The molecule has 0 aromatic heterocycles. The zero-order chi connectivity index (χ0) is 16.8. The van der Waals surface area contributed by atoms with Crippen LogP contribution >= 0.6 is 0 Å². The maximum absolute atomic E-state index is 5.49. The molecular formula is C22H43N. The molecule has 1 nitrogen and oxygen atoms in total. The van der Waals surface area contributed by atoms with Crippen molar-refractivity contribution in [2.75, 3.05) is 6.54 Å². The second-order valence-corrected chi connectivity index (χ2v) is 6.79. The molecule has 0 atom stereocenters. The van der Waals surface area contributed by atoms with Crippen LogP contribution in [0.4, 0.5) is 0 Å². The summed E-state index contributed by atoms with van der Waals surface area (Å²) in [5.41, 5.74) is 5.49. The summed E-state index contributed by atoms with van der Waals surface area (Å²) in [5.74, 6) is 0. The highest BCUT2D eigenvalue weighted by atomic mass is 14.5. The van der Waals surface area contributed by atoms with Gasteiger partial charge in [0.05, 0.1) is 0 Å². The van der Waals surface area contributed by atoms with Crippen LogP contribution < -0.4 is 5.73 Å². The molecule has 0 aromatic carbocycles. The number of hydrogen-bond donors (Lipinski definition) is 1. The second-order valence-electron chi connectivity index (χ2n) is 6.79. The van der Waals surface area contributed by atoms with Gasteiger partial charge in [-0.2, -0.15) is 0 Å². The molecule has 0 heterocycles. The van der Waals surface area contributed by atoms with Crippen molar-refractivity contribution in [3.63, 3.8) is 0 Å². The minimum atomic E-state index is 0.852. The van der Waals surface area contributed by atoms with Crippen molar-refractivity contribution >= 4 is 0 Å². The minimum Gasteiger partial charge on any atom is -0.330 e. The van der Waals surface area contributed by atoms with Gasteiger partial charge < -0.3 is 5.73 Å². The minimum absolute atomic E-state index is 0.852. The van der Waals surface area contributed by atoms with E-state index >= 15 is 0 Å². The second kappa shape index (κ2) is 21.4. The lowest BCUT2D eigenvalue weighted by Gasteiger charge is -1.99. The molecular weight excluding hydrogens is 278 g/mol. The number of allylic oxidation sites excluding steroid dienone is 4. The van der Waals surface area contributed by atoms with Crippen LogP contribution in [0, 0.1) is 0 Å². The third-order valence-electron chi connectivity index (χ3n) is 4.40. The molecule has 0 aliphatic carbocycles. The summed E-state index contributed by atoms with van der Waals surface area (Å²) in [5, 5.41) is 0. The van der Waals surface area contributed by atoms with Crippen LogP contribution in [0.2, 0.25) is 0 Å². The molecule has 136 valence electrons. The van der Waals surface area contributed by atoms with E-state index in [4.69, 9.17) is 5.73 Å². The first-order valence-corrected chi connectivity index (χ1v) is 10.4. The summed E-state index contributed by atoms with van der Waals surface area (Å²) in [6.07, 6.45) is 30.9. The Labute approximate surface area is 146 Å². The average molecular weight is 322 g/mol. The number of rotatable bonds is 18. The first-order valence-electron chi connectivity index (χ1n) is 10.4. The zero-order valence-corrected chi connectivity index (χ0v) is 15.9. The van der Waals surface area contributed by atoms with Crippen molar-refractivity contribution in [1.29, 1.82) is 0 Å². The predicted molar refractivity (Wildman–Crippen MR) is 107 cm³/mol. The molecule has 0 fully saturated rings. The number of nitrogens with two attached hydrogens (primary N) is 1. The van der Waals surface area contributed by atoms with Crippen LogP contribution in [0.25, 0.3) is 0 Å². The standard InChI is InChI=1S/C22H43N/c1-2-3-4-5-6-7-8-9-10-11-12-13-14-15-16-17-18-19-20-21-22-23/h11-12,14-15H,2-10,13,16-23H2,1H3. The lowest BCUT2D eigenvalue weighted by Crippen LogP contribution is -1.97. The number of hydrogen-bond acceptors (Lipinski definition) is 1. The Kier molecular flexibility index (Phi) is 20.9. The Bertz CT molecular complexity index is 255. The third kappa shape index (κ3) is 21.4. The maximum Gasteiger partial charge on any atom is -0.00773 e. The van der Waals surface area contributed by atoms with Gasteiger partial charge in [-0.3, -0.25) is 0 Å². The van der Waals surface area contributed by atoms with Crippen molar-refractivity contribution in [2.45, 2.75) is 110 Å². The third-order valence-corrected chi connectivity index (χ3v) is 4.40. The van der Waals surface area contributed by atoms with Crippen molar-refractivity contribution < 1.29 is 0 Å². The van der Waals surface area contributed by atoms with Crippen LogP contribution in [-0.4, -0.2) is 6.54 Å². The maximum atomic E-state index is 5.49. The van der Waals surface area contributed by atoms with E-state index in [0.29, 0.717) is 0 Å². The van der Waals surface area contributed by atoms with E-state index in [9.17, 15) is 0 Å². The molecule has 23 heavy (non-hydrogen) atoms. The van der Waals surface area contributed by atoms with Crippen molar-refractivity contribution in [2.24, 2.45) is 5.73 Å². The molecule has 0 aliphatic heterocycles. The van der Waals surface area contributed by atoms with Gasteiger partial charge in [-0.25, -0.2) is 0 Å². The summed E-state index contributed by atoms with van der Waals surface area (Å²) < 4.78 is 0. The molecule has 1 heteroatoms. The summed E-state index contributed by atoms with van der Waals surface area (Å²) in [6.45, 7) is 3.14. The van der Waals surface area contributed by atoms with Crippen molar-refractivity contribution in [3.05, 3.63) is 24.3 Å². The molecule has 0 bridgehead atoms. The zero-order valence-electron chi connectivity index (χ0n) is 15.9. The molecule has 2 N–H and O–H groups in total. The van der Waals surface area contributed by atoms with Crippen LogP contribution in [0.5, 0.6) is 0 Å². The molecule has 0 aliphatic rings. The smallest absolute Gasteiger partial charge is 0.00773 e. The summed E-state index contributed by atoms with van der Waals surface area (Å²) in [4.78, 5) is 0. The Morgan fingerprint density at radius 3 is 1.43 bits per heavy atom. The Morgan fingerprint density at radius 1 is 0.522 bits per heavy atom. The van der Waals surface area contributed by atoms with E-state index in [1.165, 1.54) is 96.3 Å². The van der Waals surface area contributed by atoms with E-state index < -0.39 is 0 Å². The Hall–Kier alpha value is -0.560. The van der Waals surface area contributed by atoms with E-state index in [1.807, 2.05) is 0 Å². The van der Waals surface area contributed by atoms with Gasteiger partial charge in [0.2, 0.25) is 0 Å². The van der Waals surface area contributed by atoms with Crippen LogP contribution in [0.3, 0.4) is 0 Å². The van der Waals surface area contributed by atoms with Gasteiger partial charge in [-0.15, -0.1) is 0 Å². The molecule has 0 unspecified atom stereocenters. The van der Waals surface area contributed by atoms with Gasteiger partial charge in [-0.1, -0.05) is 95.4 Å². The van der Waals surface area contributed by atoms with Crippen LogP contribution in [-0.2, 0) is 0 Å². The molecule has 0 saturated heterocycles. The average Bonchev–Trinajstić information content (AvgIpc) is 2.57. The van der Waals surface area contributed by atoms with Crippen molar-refractivity contribution in [1.82, 2.24) is 0 Å². The lowest BCUT2D eigenvalue weighted by molar-refractivity contribution is 0.577. The molecule has 0 saturated carbocycles. The summed E-state index contributed by atoms with van der Waals surface area (Å²) in [7, 11) is 0. The van der Waals surface area contributed by atoms with Gasteiger partial charge >= 0.3 is 0 Å². The monoisotopic (exact) mass is 321 g/mol. The normalized spacial score (nSPS) is 11.9. The highest BCUT2D eigenvalue weighted by Crippen LogP contribution is 2.10. The molecule has 0 radical (unpaired) electrons. The summed E-state index contributed by atoms with van der Waals surface area (Å²) in [6, 6.07) is 0. The van der Waals surface area contributed by atoms with Gasteiger partial charge in [0.1, 0.15) is 0 Å². The fourth-order valence-electron chi connectivity index (χ4n) is 2.84. The molecule has 0 spiro atoms. The topological polar surface area (TPSA) is 26.0 Å². The van der Waals surface area contributed by atoms with E-state index in [1.54, 1.807) is 0 Å². The lowest BCUT2D eigenvalue weighted by atomic mass is 10.1. The van der Waals surface area contributed by atoms with Gasteiger partial charge in [0.25, 0.3) is 0 Å². The first-order chi connectivity index (χ1) is 11.4. The fourth-order valence-corrected chi connectivity index (χ4v) is 2.84. The van der Waals surface area contributed by atoms with Crippen molar-refractivity contribution in [3.8, 4) is 0 Å². The van der Waals surface area contributed by atoms with Gasteiger partial charge in [-0.05, 0) is 45.1 Å². The van der Waals surface area contributed by atoms with E-state index in [2.05, 4.69) is 31.2 Å². The number of unbranched alkanes of at least 4 members (excludes halogenated alkanes) is 13. The van der Waals surface area contributed by atoms with Gasteiger partial charge in [0, 0.05) is 0 Å². The predicted octanol–water partition coefficient (Wildman–Crippen LogP) is 7.32. The molecule has 0 amide bonds. The van der Waals surface area contributed by atoms with Crippen LogP contribution in [0.1, 0.15) is 110 Å². The first kappa shape index (κ1) is 22.4.